The fourth-order valence-corrected chi connectivity index (χ4v) is 19.4. The summed E-state index contributed by atoms with van der Waals surface area (Å²) in [6, 6.07) is 126. The van der Waals surface area contributed by atoms with Crippen LogP contribution in [-0.2, 0) is 10.8 Å². The average Bonchev–Trinajstić information content (AvgIpc) is 1.52. The highest BCUT2D eigenvalue weighted by Gasteiger charge is 2.53. The molecular weight excluding hydrogens is 1270 g/mol. The van der Waals surface area contributed by atoms with E-state index in [9.17, 15) is 0 Å². The SMILES string of the molecule is C1=CCC(c2ccc(N(c3ccc(-c4ccccc4)cc3)c3ccc(-c4ccc(-n5c6ccc(-c7ccc8c(c7)C7(c9ccccc9-c9ccccc97)c7ccccc7-8)cc6c6cc(-c7ccc8c(c7)C7(c9ccccc9-c9ccccc97)c7ccccc7-8)ccc65)cc4)c4nsnc34)cc2)C=C1. The minimum absolute atomic E-state index is 0.350. The molecule has 2 aromatic heterocycles. The highest BCUT2D eigenvalue weighted by molar-refractivity contribution is 7.00. The molecule has 2 heterocycles. The topological polar surface area (TPSA) is 34.0 Å². The summed E-state index contributed by atoms with van der Waals surface area (Å²) >= 11 is 1.27. The van der Waals surface area contributed by atoms with Crippen molar-refractivity contribution in [3.8, 4) is 94.7 Å². The van der Waals surface area contributed by atoms with Crippen molar-refractivity contribution < 1.29 is 0 Å². The Hall–Kier alpha value is -12.8. The second kappa shape index (κ2) is 22.4. The van der Waals surface area contributed by atoms with Crippen LogP contribution in [0.25, 0.3) is 128 Å². The van der Waals surface area contributed by atoms with Crippen LogP contribution in [0.3, 0.4) is 0 Å². The first-order chi connectivity index (χ1) is 51.1. The second-order valence-electron chi connectivity index (χ2n) is 28.2. The first-order valence-electron chi connectivity index (χ1n) is 35.8. The maximum Gasteiger partial charge on any atom is 0.129 e. The zero-order valence-electron chi connectivity index (χ0n) is 56.0. The number of benzene rings is 15. The van der Waals surface area contributed by atoms with E-state index in [0.29, 0.717) is 5.92 Å². The molecule has 15 aromatic carbocycles. The summed E-state index contributed by atoms with van der Waals surface area (Å²) < 4.78 is 12.7. The van der Waals surface area contributed by atoms with Crippen molar-refractivity contribution in [3.05, 3.63) is 408 Å². The van der Waals surface area contributed by atoms with E-state index in [4.69, 9.17) is 8.75 Å². The molecular formula is C98H62N4S. The lowest BCUT2D eigenvalue weighted by Crippen LogP contribution is -2.25. The summed E-state index contributed by atoms with van der Waals surface area (Å²) in [6.45, 7) is 0. The van der Waals surface area contributed by atoms with Gasteiger partial charge >= 0.3 is 0 Å². The number of nitrogens with zero attached hydrogens (tertiary/aromatic N) is 4. The smallest absolute Gasteiger partial charge is 0.129 e. The minimum Gasteiger partial charge on any atom is -0.309 e. The molecule has 5 aliphatic rings. The summed E-state index contributed by atoms with van der Waals surface area (Å²) in [5, 5.41) is 2.39. The Balaban J connectivity index is 0.689. The molecule has 2 spiro atoms. The fraction of sp³-hybridized carbons (Fsp3) is 0.0408. The molecule has 1 atom stereocenters. The normalized spacial score (nSPS) is 14.7. The van der Waals surface area contributed by atoms with Crippen LogP contribution in [0.1, 0.15) is 62.4 Å². The molecule has 0 saturated carbocycles. The third kappa shape index (κ3) is 8.28. The van der Waals surface area contributed by atoms with Gasteiger partial charge in [-0.05, 0) is 225 Å². The predicted octanol–water partition coefficient (Wildman–Crippen LogP) is 25.2. The molecule has 0 fully saturated rings. The van der Waals surface area contributed by atoms with Crippen LogP contribution in [0, 0.1) is 0 Å². The van der Waals surface area contributed by atoms with Gasteiger partial charge in [-0.1, -0.05) is 273 Å². The molecule has 1 unspecified atom stereocenters. The van der Waals surface area contributed by atoms with Crippen molar-refractivity contribution in [2.45, 2.75) is 23.2 Å². The van der Waals surface area contributed by atoms with Crippen LogP contribution in [0.4, 0.5) is 17.1 Å². The van der Waals surface area contributed by atoms with Crippen molar-refractivity contribution in [1.82, 2.24) is 13.3 Å². The van der Waals surface area contributed by atoms with E-state index in [0.717, 1.165) is 62.4 Å². The van der Waals surface area contributed by atoms with Gasteiger partial charge in [0.15, 0.2) is 0 Å². The van der Waals surface area contributed by atoms with Gasteiger partial charge in [0.25, 0.3) is 0 Å². The first kappa shape index (κ1) is 58.0. The summed E-state index contributed by atoms with van der Waals surface area (Å²) in [5.74, 6) is 0.350. The standard InChI is InChI=1S/C98H62N4S/c1-3-19-61(20-4-1)63-35-45-70(46-36-63)101(71-47-37-64(38-48-71)62-21-5-2-6-22-62)94-56-53-73(95-96(94)100-103-99-95)65-39-49-72(50-40-65)102-92-54-43-66(68-41-51-80-78-27-11-17-33-88(78)97(90(80)59-68)84-29-13-7-23-74(84)75-24-8-14-30-85(75)97)57-82(92)83-58-67(44-55-93(83)102)69-42-52-81-79-28-12-18-34-89(79)98(91(81)60-69)86-31-15-9-25-76(86)77-26-10-16-32-87(77)98/h1-21,23-60,62H,22H2. The Morgan fingerprint density at radius 3 is 1.17 bits per heavy atom. The Morgan fingerprint density at radius 2 is 0.699 bits per heavy atom. The number of fused-ring (bicyclic) bond motifs is 24. The highest BCUT2D eigenvalue weighted by atomic mass is 32.1. The largest absolute Gasteiger partial charge is 0.309 e. The zero-order valence-corrected chi connectivity index (χ0v) is 56.9. The van der Waals surface area contributed by atoms with E-state index in [1.807, 2.05) is 0 Å². The summed E-state index contributed by atoms with van der Waals surface area (Å²) in [7, 11) is 0. The van der Waals surface area contributed by atoms with Crippen molar-refractivity contribution in [2.24, 2.45) is 0 Å². The van der Waals surface area contributed by atoms with Crippen molar-refractivity contribution in [3.63, 3.8) is 0 Å². The van der Waals surface area contributed by atoms with Crippen molar-refractivity contribution >= 4 is 61.6 Å². The molecule has 0 saturated heterocycles. The molecule has 5 heteroatoms. The van der Waals surface area contributed by atoms with Crippen molar-refractivity contribution in [1.29, 1.82) is 0 Å². The molecule has 22 rings (SSSR count). The van der Waals surface area contributed by atoms with Crippen LogP contribution in [0.2, 0.25) is 0 Å². The van der Waals surface area contributed by atoms with Crippen LogP contribution in [-0.4, -0.2) is 13.3 Å². The Morgan fingerprint density at radius 1 is 0.311 bits per heavy atom. The molecule has 0 aliphatic heterocycles. The zero-order chi connectivity index (χ0) is 67.5. The molecule has 17 aromatic rings. The van der Waals surface area contributed by atoms with Gasteiger partial charge < -0.3 is 9.47 Å². The van der Waals surface area contributed by atoms with E-state index in [1.54, 1.807) is 0 Å². The number of rotatable bonds is 9. The average molecular weight is 1330 g/mol. The van der Waals surface area contributed by atoms with Crippen LogP contribution in [0.15, 0.2) is 358 Å². The molecule has 5 aliphatic carbocycles. The van der Waals surface area contributed by atoms with Gasteiger partial charge in [0.05, 0.1) is 39.3 Å². The summed E-state index contributed by atoms with van der Waals surface area (Å²) in [6.07, 6.45) is 9.85. The van der Waals surface area contributed by atoms with Crippen LogP contribution < -0.4 is 4.90 Å². The summed E-state index contributed by atoms with van der Waals surface area (Å²) in [5.41, 5.74) is 38.9. The number of hydrogen-bond acceptors (Lipinski definition) is 4. The molecule has 0 radical (unpaired) electrons. The quantitative estimate of drug-likeness (QED) is 0.144. The van der Waals surface area contributed by atoms with Gasteiger partial charge in [-0.15, -0.1) is 0 Å². The van der Waals surface area contributed by atoms with E-state index in [1.165, 1.54) is 150 Å². The Labute approximate surface area is 601 Å². The maximum absolute atomic E-state index is 5.11. The molecule has 0 amide bonds. The minimum atomic E-state index is -0.452. The Bertz CT molecular complexity index is 6090. The van der Waals surface area contributed by atoms with E-state index < -0.39 is 10.8 Å². The van der Waals surface area contributed by atoms with E-state index in [2.05, 4.69) is 367 Å². The third-order valence-corrected chi connectivity index (χ3v) is 23.8. The van der Waals surface area contributed by atoms with Gasteiger partial charge in [-0.2, -0.15) is 8.75 Å². The van der Waals surface area contributed by atoms with Gasteiger partial charge in [0.1, 0.15) is 11.0 Å². The predicted molar refractivity (Wildman–Crippen MR) is 426 cm³/mol. The fourth-order valence-electron chi connectivity index (χ4n) is 18.8. The molecule has 0 N–H and O–H groups in total. The number of aromatic nitrogens is 3. The molecule has 4 nitrogen and oxygen atoms in total. The second-order valence-corrected chi connectivity index (χ2v) is 28.8. The van der Waals surface area contributed by atoms with Gasteiger partial charge in [-0.3, -0.25) is 0 Å². The maximum atomic E-state index is 5.11. The van der Waals surface area contributed by atoms with Crippen molar-refractivity contribution in [2.75, 3.05) is 4.90 Å². The third-order valence-electron chi connectivity index (χ3n) is 23.3. The highest BCUT2D eigenvalue weighted by Crippen LogP contribution is 2.65. The number of anilines is 3. The number of hydrogen-bond donors (Lipinski definition) is 0. The lowest BCUT2D eigenvalue weighted by molar-refractivity contribution is 0.794. The van der Waals surface area contributed by atoms with E-state index in [-0.39, 0.29) is 0 Å². The molecule has 480 valence electrons. The van der Waals surface area contributed by atoms with Gasteiger partial charge in [-0.25, -0.2) is 0 Å². The molecule has 0 bridgehead atoms. The molecule has 103 heavy (non-hydrogen) atoms. The lowest BCUT2D eigenvalue weighted by Gasteiger charge is -2.30. The number of allylic oxidation sites excluding steroid dienone is 4. The lowest BCUT2D eigenvalue weighted by atomic mass is 9.70. The Kier molecular flexibility index (Phi) is 12.6. The van der Waals surface area contributed by atoms with Gasteiger partial charge in [0, 0.05) is 39.3 Å². The first-order valence-corrected chi connectivity index (χ1v) is 36.5. The van der Waals surface area contributed by atoms with E-state index >= 15 is 0 Å². The van der Waals surface area contributed by atoms with Gasteiger partial charge in [0.2, 0.25) is 0 Å². The monoisotopic (exact) mass is 1330 g/mol. The summed E-state index contributed by atoms with van der Waals surface area (Å²) in [4.78, 5) is 2.34. The van der Waals surface area contributed by atoms with Crippen LogP contribution in [0.5, 0.6) is 0 Å². The van der Waals surface area contributed by atoms with Crippen LogP contribution >= 0.6 is 11.7 Å².